The zero-order valence-electron chi connectivity index (χ0n) is 11.6. The molecule has 0 aliphatic rings. The Labute approximate surface area is 142 Å². The Balaban J connectivity index is 0.00000192. The smallest absolute Gasteiger partial charge is 0.371 e. The van der Waals surface area contributed by atoms with Gasteiger partial charge in [-0.2, -0.15) is 0 Å². The summed E-state index contributed by atoms with van der Waals surface area (Å²) in [5.41, 5.74) is 1.89. The highest BCUT2D eigenvalue weighted by Gasteiger charge is 2.19. The van der Waals surface area contributed by atoms with E-state index in [-0.39, 0.29) is 28.9 Å². The average molecular weight is 352 g/mol. The normalized spacial score (nSPS) is 10.1. The van der Waals surface area contributed by atoms with Gasteiger partial charge in [-0.25, -0.2) is 4.79 Å². The van der Waals surface area contributed by atoms with Crippen LogP contribution in [0.2, 0.25) is 5.02 Å². The standard InChI is InChI=1S/C16H10ClNO4.ClH/c17-12-2-1-10(7-13(12)19)15-11(8-14(22-15)16(20)21)9-3-5-18-6-4-9;/h1-8,19H,(H,20,21);1H. The molecule has 2 aromatic heterocycles. The van der Waals surface area contributed by atoms with E-state index in [1.165, 1.54) is 18.2 Å². The highest BCUT2D eigenvalue weighted by Crippen LogP contribution is 2.37. The number of phenols is 1. The maximum Gasteiger partial charge on any atom is 0.371 e. The fraction of sp³-hybridized carbons (Fsp3) is 0. The van der Waals surface area contributed by atoms with Gasteiger partial charge < -0.3 is 14.6 Å². The summed E-state index contributed by atoms with van der Waals surface area (Å²) in [6.45, 7) is 0. The van der Waals surface area contributed by atoms with Crippen LogP contribution in [0.4, 0.5) is 0 Å². The van der Waals surface area contributed by atoms with Crippen LogP contribution in [0.5, 0.6) is 5.75 Å². The van der Waals surface area contributed by atoms with Crippen LogP contribution in [-0.4, -0.2) is 21.2 Å². The zero-order chi connectivity index (χ0) is 15.7. The Hall–Kier alpha value is -2.50. The SMILES string of the molecule is Cl.O=C(O)c1cc(-c2ccncc2)c(-c2ccc(Cl)c(O)c2)o1. The first-order valence-electron chi connectivity index (χ1n) is 6.32. The molecule has 3 aromatic rings. The number of benzene rings is 1. The molecule has 23 heavy (non-hydrogen) atoms. The van der Waals surface area contributed by atoms with Crippen molar-refractivity contribution in [2.24, 2.45) is 0 Å². The summed E-state index contributed by atoms with van der Waals surface area (Å²) in [5, 5.41) is 19.1. The molecule has 5 nitrogen and oxygen atoms in total. The summed E-state index contributed by atoms with van der Waals surface area (Å²) in [5.74, 6) is -1.11. The van der Waals surface area contributed by atoms with Crippen LogP contribution in [0.3, 0.4) is 0 Å². The van der Waals surface area contributed by atoms with Crippen molar-refractivity contribution >= 4 is 30.0 Å². The summed E-state index contributed by atoms with van der Waals surface area (Å²) >= 11 is 5.80. The van der Waals surface area contributed by atoms with Crippen molar-refractivity contribution in [3.05, 3.63) is 59.6 Å². The summed E-state index contributed by atoms with van der Waals surface area (Å²) in [6.07, 6.45) is 3.21. The molecule has 7 heteroatoms. The van der Waals surface area contributed by atoms with Crippen LogP contribution >= 0.6 is 24.0 Å². The summed E-state index contributed by atoms with van der Waals surface area (Å²) < 4.78 is 5.44. The fourth-order valence-electron chi connectivity index (χ4n) is 2.11. The van der Waals surface area contributed by atoms with Crippen molar-refractivity contribution in [1.29, 1.82) is 0 Å². The molecule has 0 unspecified atom stereocenters. The number of hydrogen-bond acceptors (Lipinski definition) is 4. The van der Waals surface area contributed by atoms with Crippen LogP contribution in [0, 0.1) is 0 Å². The number of halogens is 2. The van der Waals surface area contributed by atoms with Crippen LogP contribution in [0.15, 0.2) is 53.2 Å². The van der Waals surface area contributed by atoms with E-state index >= 15 is 0 Å². The molecule has 3 rings (SSSR count). The molecule has 0 atom stereocenters. The number of phenolic OH excluding ortho intramolecular Hbond substituents is 1. The maximum atomic E-state index is 11.2. The molecule has 0 amide bonds. The molecule has 0 fully saturated rings. The van der Waals surface area contributed by atoms with E-state index in [0.29, 0.717) is 16.9 Å². The Morgan fingerprint density at radius 3 is 2.39 bits per heavy atom. The average Bonchev–Trinajstić information content (AvgIpc) is 2.96. The first-order valence-corrected chi connectivity index (χ1v) is 6.70. The van der Waals surface area contributed by atoms with Gasteiger partial charge in [0.25, 0.3) is 0 Å². The molecule has 2 N–H and O–H groups in total. The van der Waals surface area contributed by atoms with Crippen molar-refractivity contribution in [2.75, 3.05) is 0 Å². The minimum Gasteiger partial charge on any atom is -0.506 e. The third kappa shape index (κ3) is 3.31. The molecule has 118 valence electrons. The minimum absolute atomic E-state index is 0. The Morgan fingerprint density at radius 2 is 1.78 bits per heavy atom. The lowest BCUT2D eigenvalue weighted by Crippen LogP contribution is -1.91. The maximum absolute atomic E-state index is 11.2. The number of carbonyl (C=O) groups is 1. The number of aromatic hydroxyl groups is 1. The molecular weight excluding hydrogens is 341 g/mol. The van der Waals surface area contributed by atoms with Crippen LogP contribution < -0.4 is 0 Å². The second-order valence-electron chi connectivity index (χ2n) is 4.56. The van der Waals surface area contributed by atoms with Crippen molar-refractivity contribution < 1.29 is 19.4 Å². The van der Waals surface area contributed by atoms with E-state index in [9.17, 15) is 9.90 Å². The number of carboxylic acid groups (broad SMARTS) is 1. The number of aromatic carboxylic acids is 1. The third-order valence-electron chi connectivity index (χ3n) is 3.14. The van der Waals surface area contributed by atoms with Gasteiger partial charge in [0.1, 0.15) is 11.5 Å². The second-order valence-corrected chi connectivity index (χ2v) is 4.97. The molecule has 0 radical (unpaired) electrons. The number of furan rings is 1. The number of carboxylic acids is 1. The largest absolute Gasteiger partial charge is 0.506 e. The Kier molecular flexibility index (Phi) is 4.93. The lowest BCUT2D eigenvalue weighted by molar-refractivity contribution is 0.0663. The van der Waals surface area contributed by atoms with Gasteiger partial charge in [-0.05, 0) is 42.0 Å². The first kappa shape index (κ1) is 16.9. The number of nitrogens with zero attached hydrogens (tertiary/aromatic N) is 1. The van der Waals surface area contributed by atoms with Gasteiger partial charge >= 0.3 is 5.97 Å². The van der Waals surface area contributed by atoms with E-state index in [1.54, 1.807) is 30.6 Å². The topological polar surface area (TPSA) is 83.6 Å². The summed E-state index contributed by atoms with van der Waals surface area (Å²) in [7, 11) is 0. The predicted octanol–water partition coefficient (Wildman–Crippen LogP) is 4.49. The van der Waals surface area contributed by atoms with Gasteiger partial charge in [-0.15, -0.1) is 12.4 Å². The Bertz CT molecular complexity index is 847. The van der Waals surface area contributed by atoms with Crippen molar-refractivity contribution in [2.45, 2.75) is 0 Å². The number of aromatic nitrogens is 1. The van der Waals surface area contributed by atoms with Gasteiger partial charge in [0, 0.05) is 23.5 Å². The molecular formula is C16H11Cl2NO4. The van der Waals surface area contributed by atoms with Crippen molar-refractivity contribution in [1.82, 2.24) is 4.98 Å². The molecule has 0 aliphatic carbocycles. The van der Waals surface area contributed by atoms with E-state index in [1.807, 2.05) is 0 Å². The molecule has 2 heterocycles. The molecule has 0 aliphatic heterocycles. The minimum atomic E-state index is -1.17. The van der Waals surface area contributed by atoms with Gasteiger partial charge in [0.15, 0.2) is 0 Å². The summed E-state index contributed by atoms with van der Waals surface area (Å²) in [4.78, 5) is 15.1. The zero-order valence-corrected chi connectivity index (χ0v) is 13.1. The van der Waals surface area contributed by atoms with Gasteiger partial charge in [0.05, 0.1) is 5.02 Å². The molecule has 0 saturated heterocycles. The Morgan fingerprint density at radius 1 is 1.09 bits per heavy atom. The monoisotopic (exact) mass is 351 g/mol. The van der Waals surface area contributed by atoms with Crippen LogP contribution in [0.25, 0.3) is 22.5 Å². The third-order valence-corrected chi connectivity index (χ3v) is 3.46. The van der Waals surface area contributed by atoms with E-state index < -0.39 is 5.97 Å². The first-order chi connectivity index (χ1) is 10.6. The van der Waals surface area contributed by atoms with Crippen molar-refractivity contribution in [3.8, 4) is 28.2 Å². The molecule has 0 spiro atoms. The highest BCUT2D eigenvalue weighted by molar-refractivity contribution is 6.32. The fourth-order valence-corrected chi connectivity index (χ4v) is 2.23. The van der Waals surface area contributed by atoms with Crippen LogP contribution in [-0.2, 0) is 0 Å². The quantitative estimate of drug-likeness (QED) is 0.726. The lowest BCUT2D eigenvalue weighted by atomic mass is 10.0. The van der Waals surface area contributed by atoms with Crippen LogP contribution in [0.1, 0.15) is 10.6 Å². The molecule has 0 bridgehead atoms. The van der Waals surface area contributed by atoms with Gasteiger partial charge in [-0.1, -0.05) is 11.6 Å². The van der Waals surface area contributed by atoms with E-state index in [4.69, 9.17) is 21.1 Å². The van der Waals surface area contributed by atoms with E-state index in [2.05, 4.69) is 4.98 Å². The molecule has 0 saturated carbocycles. The van der Waals surface area contributed by atoms with Gasteiger partial charge in [0.2, 0.25) is 5.76 Å². The van der Waals surface area contributed by atoms with Gasteiger partial charge in [-0.3, -0.25) is 4.98 Å². The summed E-state index contributed by atoms with van der Waals surface area (Å²) in [6, 6.07) is 9.53. The second kappa shape index (κ2) is 6.73. The highest BCUT2D eigenvalue weighted by atomic mass is 35.5. The molecule has 1 aromatic carbocycles. The van der Waals surface area contributed by atoms with Crippen molar-refractivity contribution in [3.63, 3.8) is 0 Å². The number of hydrogen-bond donors (Lipinski definition) is 2. The predicted molar refractivity (Wildman–Crippen MR) is 88.3 cm³/mol. The number of pyridine rings is 1. The number of rotatable bonds is 3. The van der Waals surface area contributed by atoms with E-state index in [0.717, 1.165) is 5.56 Å². The lowest BCUT2D eigenvalue weighted by Gasteiger charge is -2.04.